The number of fused-ring (bicyclic) bond motifs is 1. The number of hydrogen-bond donors (Lipinski definition) is 1. The Bertz CT molecular complexity index is 1040. The normalized spacial score (nSPS) is 28.4. The molecule has 8 heteroatoms. The highest BCUT2D eigenvalue weighted by Gasteiger charge is 2.58. The van der Waals surface area contributed by atoms with Crippen molar-refractivity contribution >= 4 is 12.1 Å². The van der Waals surface area contributed by atoms with Gasteiger partial charge in [0.25, 0.3) is 0 Å². The summed E-state index contributed by atoms with van der Waals surface area (Å²) in [7, 11) is 0. The Kier molecular flexibility index (Phi) is 9.19. The molecule has 228 valence electrons. The first kappa shape index (κ1) is 30.1. The first-order valence-electron chi connectivity index (χ1n) is 16.0. The van der Waals surface area contributed by atoms with Gasteiger partial charge in [0, 0.05) is 44.9 Å². The van der Waals surface area contributed by atoms with E-state index < -0.39 is 5.60 Å². The number of amides is 3. The molecule has 1 spiro atoms. The van der Waals surface area contributed by atoms with E-state index in [1.807, 2.05) is 39.0 Å². The number of urea groups is 1. The zero-order valence-electron chi connectivity index (χ0n) is 25.9. The van der Waals surface area contributed by atoms with E-state index >= 15 is 0 Å². The van der Waals surface area contributed by atoms with Crippen LogP contribution >= 0.6 is 0 Å². The van der Waals surface area contributed by atoms with Gasteiger partial charge in [0.2, 0.25) is 0 Å². The molecule has 4 fully saturated rings. The fourth-order valence-electron chi connectivity index (χ4n) is 8.07. The van der Waals surface area contributed by atoms with Crippen molar-refractivity contribution in [1.29, 1.82) is 0 Å². The summed E-state index contributed by atoms with van der Waals surface area (Å²) in [5.41, 5.74) is 0.483. The summed E-state index contributed by atoms with van der Waals surface area (Å²) in [6.07, 6.45) is 7.12. The van der Waals surface area contributed by atoms with Crippen molar-refractivity contribution in [1.82, 2.24) is 20.0 Å². The van der Waals surface area contributed by atoms with Crippen molar-refractivity contribution < 1.29 is 19.1 Å². The van der Waals surface area contributed by atoms with E-state index in [-0.39, 0.29) is 29.7 Å². The number of carbonyl (C=O) groups excluding carboxylic acids is 2. The SMILES string of the molecule is CC(C)N1C(=O)N(CC2CCOCC2)CC12CC1CCCN(CC[C@H](NC(=O)OC(C)(C)C)c3ccccc3)C1C2. The summed E-state index contributed by atoms with van der Waals surface area (Å²) in [4.78, 5) is 33.6. The molecule has 0 aromatic heterocycles. The maximum atomic E-state index is 13.8. The summed E-state index contributed by atoms with van der Waals surface area (Å²) < 4.78 is 11.2. The fourth-order valence-corrected chi connectivity index (χ4v) is 8.07. The highest BCUT2D eigenvalue weighted by Crippen LogP contribution is 2.49. The highest BCUT2D eigenvalue weighted by atomic mass is 16.6. The van der Waals surface area contributed by atoms with Crippen molar-refractivity contribution in [3.8, 4) is 0 Å². The molecule has 3 amide bonds. The molecular weight excluding hydrogens is 516 g/mol. The molecule has 1 aromatic carbocycles. The van der Waals surface area contributed by atoms with Gasteiger partial charge in [-0.05, 0) is 104 Å². The Morgan fingerprint density at radius 3 is 2.54 bits per heavy atom. The van der Waals surface area contributed by atoms with Gasteiger partial charge in [0.1, 0.15) is 5.60 Å². The molecule has 1 aromatic rings. The van der Waals surface area contributed by atoms with Gasteiger partial charge in [-0.25, -0.2) is 9.59 Å². The van der Waals surface area contributed by atoms with Crippen LogP contribution in [0.15, 0.2) is 30.3 Å². The molecule has 3 heterocycles. The van der Waals surface area contributed by atoms with Gasteiger partial charge in [-0.15, -0.1) is 0 Å². The van der Waals surface area contributed by atoms with Crippen molar-refractivity contribution in [2.45, 2.75) is 109 Å². The minimum absolute atomic E-state index is 0.0814. The molecule has 1 saturated carbocycles. The molecule has 4 aliphatic rings. The predicted molar refractivity (Wildman–Crippen MR) is 161 cm³/mol. The lowest BCUT2D eigenvalue weighted by Gasteiger charge is -2.39. The van der Waals surface area contributed by atoms with E-state index in [0.717, 1.165) is 77.1 Å². The van der Waals surface area contributed by atoms with Crippen molar-refractivity contribution in [2.75, 3.05) is 39.4 Å². The van der Waals surface area contributed by atoms with Crippen LogP contribution in [0.25, 0.3) is 0 Å². The number of nitrogens with one attached hydrogen (secondary N) is 1. The number of carbonyl (C=O) groups is 2. The van der Waals surface area contributed by atoms with Crippen LogP contribution in [0.2, 0.25) is 0 Å². The molecular formula is C33H52N4O4. The van der Waals surface area contributed by atoms with Crippen molar-refractivity contribution in [3.05, 3.63) is 35.9 Å². The zero-order valence-corrected chi connectivity index (χ0v) is 25.9. The predicted octanol–water partition coefficient (Wildman–Crippen LogP) is 5.83. The largest absolute Gasteiger partial charge is 0.444 e. The molecule has 3 unspecified atom stereocenters. The van der Waals surface area contributed by atoms with Gasteiger partial charge >= 0.3 is 12.1 Å². The van der Waals surface area contributed by atoms with Gasteiger partial charge in [-0.1, -0.05) is 30.3 Å². The molecule has 5 rings (SSSR count). The second-order valence-electron chi connectivity index (χ2n) is 14.2. The Hall–Kier alpha value is -2.32. The van der Waals surface area contributed by atoms with Gasteiger partial charge in [0.15, 0.2) is 0 Å². The number of benzene rings is 1. The number of alkyl carbamates (subject to hydrolysis) is 1. The van der Waals surface area contributed by atoms with E-state index in [9.17, 15) is 9.59 Å². The fraction of sp³-hybridized carbons (Fsp3) is 0.758. The van der Waals surface area contributed by atoms with E-state index in [0.29, 0.717) is 17.9 Å². The van der Waals surface area contributed by atoms with Gasteiger partial charge < -0.3 is 24.6 Å². The van der Waals surface area contributed by atoms with E-state index in [2.05, 4.69) is 46.0 Å². The summed E-state index contributed by atoms with van der Waals surface area (Å²) in [5.74, 6) is 1.15. The molecule has 0 radical (unpaired) electrons. The molecule has 3 saturated heterocycles. The third-order valence-electron chi connectivity index (χ3n) is 9.67. The number of ether oxygens (including phenoxy) is 2. The minimum Gasteiger partial charge on any atom is -0.444 e. The van der Waals surface area contributed by atoms with Crippen LogP contribution in [0.1, 0.15) is 91.2 Å². The van der Waals surface area contributed by atoms with Crippen LogP contribution in [0, 0.1) is 11.8 Å². The molecule has 3 aliphatic heterocycles. The lowest BCUT2D eigenvalue weighted by atomic mass is 9.90. The molecule has 1 N–H and O–H groups in total. The van der Waals surface area contributed by atoms with Crippen LogP contribution in [-0.2, 0) is 9.47 Å². The van der Waals surface area contributed by atoms with Crippen LogP contribution < -0.4 is 5.32 Å². The van der Waals surface area contributed by atoms with E-state index in [1.54, 1.807) is 0 Å². The summed E-state index contributed by atoms with van der Waals surface area (Å²) >= 11 is 0. The average molecular weight is 569 g/mol. The van der Waals surface area contributed by atoms with E-state index in [4.69, 9.17) is 9.47 Å². The lowest BCUT2D eigenvalue weighted by molar-refractivity contribution is 0.0489. The highest BCUT2D eigenvalue weighted by molar-refractivity contribution is 5.79. The van der Waals surface area contributed by atoms with Gasteiger partial charge in [0.05, 0.1) is 11.6 Å². The Labute approximate surface area is 247 Å². The monoisotopic (exact) mass is 568 g/mol. The quantitative estimate of drug-likeness (QED) is 0.427. The van der Waals surface area contributed by atoms with Crippen LogP contribution in [-0.4, -0.2) is 89.4 Å². The van der Waals surface area contributed by atoms with Crippen LogP contribution in [0.5, 0.6) is 0 Å². The van der Waals surface area contributed by atoms with Gasteiger partial charge in [-0.3, -0.25) is 4.90 Å². The molecule has 41 heavy (non-hydrogen) atoms. The number of rotatable bonds is 8. The molecule has 8 nitrogen and oxygen atoms in total. The maximum absolute atomic E-state index is 13.8. The zero-order chi connectivity index (χ0) is 29.2. The Morgan fingerprint density at radius 2 is 1.85 bits per heavy atom. The Morgan fingerprint density at radius 1 is 1.12 bits per heavy atom. The second-order valence-corrected chi connectivity index (χ2v) is 14.2. The summed E-state index contributed by atoms with van der Waals surface area (Å²) in [6, 6.07) is 11.0. The average Bonchev–Trinajstić information content (AvgIpc) is 3.42. The number of hydrogen-bond acceptors (Lipinski definition) is 5. The number of piperidine rings is 1. The minimum atomic E-state index is -0.538. The topological polar surface area (TPSA) is 74.4 Å². The third-order valence-corrected chi connectivity index (χ3v) is 9.67. The first-order valence-corrected chi connectivity index (χ1v) is 16.0. The number of likely N-dealkylation sites (tertiary alicyclic amines) is 1. The second kappa shape index (κ2) is 12.5. The van der Waals surface area contributed by atoms with Gasteiger partial charge in [-0.2, -0.15) is 0 Å². The smallest absolute Gasteiger partial charge is 0.408 e. The summed E-state index contributed by atoms with van der Waals surface area (Å²) in [5, 5.41) is 3.15. The van der Waals surface area contributed by atoms with E-state index in [1.165, 1.54) is 12.8 Å². The number of nitrogens with zero attached hydrogens (tertiary/aromatic N) is 3. The third kappa shape index (κ3) is 7.02. The van der Waals surface area contributed by atoms with Crippen molar-refractivity contribution in [3.63, 3.8) is 0 Å². The maximum Gasteiger partial charge on any atom is 0.408 e. The molecule has 0 bridgehead atoms. The van der Waals surface area contributed by atoms with Crippen molar-refractivity contribution in [2.24, 2.45) is 11.8 Å². The van der Waals surface area contributed by atoms with Crippen LogP contribution in [0.3, 0.4) is 0 Å². The summed E-state index contributed by atoms with van der Waals surface area (Å²) in [6.45, 7) is 15.4. The van der Waals surface area contributed by atoms with Crippen LogP contribution in [0.4, 0.5) is 9.59 Å². The molecule has 4 atom stereocenters. The Balaban J connectivity index is 1.28. The standard InChI is InChI=1S/C33H52N4O4/c1-24(2)37-31(39)36(22-25-14-18-40-19-15-25)23-33(37)20-27-12-9-16-35(29(27)21-33)17-13-28(26-10-7-6-8-11-26)34-30(38)41-32(3,4)5/h6-8,10-11,24-25,27-29H,9,12-23H2,1-5H3,(H,34,38)/t27?,28-,29?,33?/m0/s1. The first-order chi connectivity index (χ1) is 19.5. The molecule has 1 aliphatic carbocycles. The lowest BCUT2D eigenvalue weighted by Crippen LogP contribution is -2.50.